The predicted molar refractivity (Wildman–Crippen MR) is 104 cm³/mol. The van der Waals surface area contributed by atoms with E-state index in [2.05, 4.69) is 10.1 Å². The van der Waals surface area contributed by atoms with Crippen molar-refractivity contribution in [2.24, 2.45) is 0 Å². The van der Waals surface area contributed by atoms with Gasteiger partial charge in [-0.15, -0.1) is 0 Å². The molecule has 0 spiro atoms. The first-order valence-corrected chi connectivity index (χ1v) is 9.00. The second-order valence-electron chi connectivity index (χ2n) is 5.95. The zero-order chi connectivity index (χ0) is 21.1. The molecule has 150 valence electrons. The molecule has 0 aliphatic carbocycles. The van der Waals surface area contributed by atoms with Crippen LogP contribution in [0.15, 0.2) is 36.4 Å². The first kappa shape index (κ1) is 20.6. The van der Waals surface area contributed by atoms with Gasteiger partial charge in [-0.1, -0.05) is 23.2 Å². The van der Waals surface area contributed by atoms with E-state index >= 15 is 0 Å². The van der Waals surface area contributed by atoms with Crippen molar-refractivity contribution in [2.45, 2.75) is 0 Å². The number of amides is 3. The summed E-state index contributed by atoms with van der Waals surface area (Å²) in [6.07, 6.45) is 0. The topological polar surface area (TPSA) is 102 Å². The Hall–Kier alpha value is -3.10. The quantitative estimate of drug-likeness (QED) is 0.551. The number of nitrogens with one attached hydrogen (secondary N) is 1. The van der Waals surface area contributed by atoms with Crippen molar-refractivity contribution in [2.75, 3.05) is 25.6 Å². The SMILES string of the molecule is COC(=O)COc1ccc(NC(=O)CN2C(=O)c3cc(Cl)c(Cl)cc3C2=O)cc1. The molecule has 0 atom stereocenters. The van der Waals surface area contributed by atoms with Crippen molar-refractivity contribution in [1.29, 1.82) is 0 Å². The van der Waals surface area contributed by atoms with Crippen molar-refractivity contribution in [3.8, 4) is 5.75 Å². The highest BCUT2D eigenvalue weighted by Crippen LogP contribution is 2.31. The molecule has 1 aliphatic rings. The maximum Gasteiger partial charge on any atom is 0.343 e. The molecule has 0 unspecified atom stereocenters. The van der Waals surface area contributed by atoms with Crippen molar-refractivity contribution in [1.82, 2.24) is 4.90 Å². The Bertz CT molecular complexity index is 966. The maximum atomic E-state index is 12.4. The van der Waals surface area contributed by atoms with Crippen LogP contribution in [0.5, 0.6) is 5.75 Å². The molecule has 29 heavy (non-hydrogen) atoms. The number of imide groups is 1. The summed E-state index contributed by atoms with van der Waals surface area (Å²) in [6.45, 7) is -0.710. The third-order valence-electron chi connectivity index (χ3n) is 4.04. The molecule has 1 aliphatic heterocycles. The zero-order valence-corrected chi connectivity index (χ0v) is 16.5. The lowest BCUT2D eigenvalue weighted by molar-refractivity contribution is -0.142. The highest BCUT2D eigenvalue weighted by Gasteiger charge is 2.37. The molecule has 8 nitrogen and oxygen atoms in total. The van der Waals surface area contributed by atoms with Gasteiger partial charge in [0.15, 0.2) is 6.61 Å². The summed E-state index contributed by atoms with van der Waals surface area (Å²) in [5, 5.41) is 2.87. The molecule has 10 heteroatoms. The van der Waals surface area contributed by atoms with Gasteiger partial charge < -0.3 is 14.8 Å². The van der Waals surface area contributed by atoms with E-state index in [4.69, 9.17) is 27.9 Å². The molecule has 2 aromatic carbocycles. The van der Waals surface area contributed by atoms with Gasteiger partial charge in [-0.2, -0.15) is 0 Å². The number of benzene rings is 2. The van der Waals surface area contributed by atoms with Gasteiger partial charge in [0.25, 0.3) is 11.8 Å². The van der Waals surface area contributed by atoms with E-state index in [1.165, 1.54) is 19.2 Å². The zero-order valence-electron chi connectivity index (χ0n) is 15.0. The van der Waals surface area contributed by atoms with E-state index in [0.29, 0.717) is 11.4 Å². The molecule has 1 N–H and O–H groups in total. The lowest BCUT2D eigenvalue weighted by Gasteiger charge is -2.14. The van der Waals surface area contributed by atoms with Gasteiger partial charge >= 0.3 is 5.97 Å². The third-order valence-corrected chi connectivity index (χ3v) is 4.76. The monoisotopic (exact) mass is 436 g/mol. The Morgan fingerprint density at radius 1 is 1.00 bits per heavy atom. The van der Waals surface area contributed by atoms with Crippen LogP contribution in [-0.4, -0.2) is 48.9 Å². The van der Waals surface area contributed by atoms with E-state index in [-0.39, 0.29) is 27.8 Å². The van der Waals surface area contributed by atoms with Crippen LogP contribution in [0.25, 0.3) is 0 Å². The number of rotatable bonds is 6. The number of nitrogens with zero attached hydrogens (tertiary/aromatic N) is 1. The van der Waals surface area contributed by atoms with Gasteiger partial charge in [0.1, 0.15) is 12.3 Å². The second kappa shape index (κ2) is 8.50. The Morgan fingerprint density at radius 3 is 2.07 bits per heavy atom. The summed E-state index contributed by atoms with van der Waals surface area (Å²) in [6, 6.07) is 8.81. The van der Waals surface area contributed by atoms with Crippen LogP contribution in [0.1, 0.15) is 20.7 Å². The summed E-state index contributed by atoms with van der Waals surface area (Å²) in [4.78, 5) is 49.0. The van der Waals surface area contributed by atoms with Gasteiger partial charge in [0, 0.05) is 5.69 Å². The number of methoxy groups -OCH3 is 1. The van der Waals surface area contributed by atoms with Crippen LogP contribution in [-0.2, 0) is 14.3 Å². The molecule has 0 aromatic heterocycles. The average Bonchev–Trinajstić information content (AvgIpc) is 2.92. The molecule has 3 rings (SSSR count). The first-order chi connectivity index (χ1) is 13.8. The standard InChI is InChI=1S/C19H14Cl2N2O6/c1-28-17(25)9-29-11-4-2-10(3-5-11)22-16(24)8-23-18(26)12-6-14(20)15(21)7-13(12)19(23)27/h2-7H,8-9H2,1H3,(H,22,24). The minimum Gasteiger partial charge on any atom is -0.482 e. The van der Waals surface area contributed by atoms with Crippen molar-refractivity contribution in [3.05, 3.63) is 57.6 Å². The molecule has 0 bridgehead atoms. The largest absolute Gasteiger partial charge is 0.482 e. The normalized spacial score (nSPS) is 12.6. The van der Waals surface area contributed by atoms with Gasteiger partial charge in [-0.05, 0) is 36.4 Å². The van der Waals surface area contributed by atoms with Crippen LogP contribution in [0, 0.1) is 0 Å². The highest BCUT2D eigenvalue weighted by atomic mass is 35.5. The molecule has 0 radical (unpaired) electrons. The Kier molecular flexibility index (Phi) is 6.05. The molecule has 1 heterocycles. The number of ether oxygens (including phenoxy) is 2. The number of carbonyl (C=O) groups excluding carboxylic acids is 4. The van der Waals surface area contributed by atoms with Gasteiger partial charge in [0.2, 0.25) is 5.91 Å². The Labute approximate surface area is 175 Å². The van der Waals surface area contributed by atoms with Crippen LogP contribution in [0.2, 0.25) is 10.0 Å². The summed E-state index contributed by atoms with van der Waals surface area (Å²) in [7, 11) is 1.25. The maximum absolute atomic E-state index is 12.4. The summed E-state index contributed by atoms with van der Waals surface area (Å²) >= 11 is 11.8. The molecule has 0 saturated carbocycles. The predicted octanol–water partition coefficient (Wildman–Crippen LogP) is 2.78. The van der Waals surface area contributed by atoms with Crippen molar-refractivity contribution >= 4 is 52.6 Å². The fourth-order valence-electron chi connectivity index (χ4n) is 2.61. The molecule has 3 amide bonds. The fraction of sp³-hybridized carbons (Fsp3) is 0.158. The average molecular weight is 437 g/mol. The number of esters is 1. The van der Waals surface area contributed by atoms with E-state index in [0.717, 1.165) is 4.90 Å². The second-order valence-corrected chi connectivity index (χ2v) is 6.76. The van der Waals surface area contributed by atoms with E-state index in [1.807, 2.05) is 0 Å². The van der Waals surface area contributed by atoms with Gasteiger partial charge in [0.05, 0.1) is 28.3 Å². The Balaban J connectivity index is 1.62. The summed E-state index contributed by atoms with van der Waals surface area (Å²) in [5.74, 6) is -1.93. The van der Waals surface area contributed by atoms with E-state index < -0.39 is 30.2 Å². The molecule has 0 saturated heterocycles. The number of halogens is 2. The number of anilines is 1. The van der Waals surface area contributed by atoms with Gasteiger partial charge in [-0.25, -0.2) is 4.79 Å². The number of hydrogen-bond donors (Lipinski definition) is 1. The first-order valence-electron chi connectivity index (χ1n) is 8.25. The highest BCUT2D eigenvalue weighted by molar-refractivity contribution is 6.43. The fourth-order valence-corrected chi connectivity index (χ4v) is 2.93. The van der Waals surface area contributed by atoms with E-state index in [1.54, 1.807) is 24.3 Å². The lowest BCUT2D eigenvalue weighted by Crippen LogP contribution is -2.37. The van der Waals surface area contributed by atoms with Crippen molar-refractivity contribution in [3.63, 3.8) is 0 Å². The minimum absolute atomic E-state index is 0.101. The van der Waals surface area contributed by atoms with Crippen LogP contribution in [0.4, 0.5) is 5.69 Å². The molecular formula is C19H14Cl2N2O6. The molecule has 2 aromatic rings. The molecular weight excluding hydrogens is 423 g/mol. The third kappa shape index (κ3) is 4.49. The smallest absolute Gasteiger partial charge is 0.343 e. The number of hydrogen-bond acceptors (Lipinski definition) is 6. The van der Waals surface area contributed by atoms with Crippen LogP contribution >= 0.6 is 23.2 Å². The minimum atomic E-state index is -0.620. The van der Waals surface area contributed by atoms with Crippen molar-refractivity contribution < 1.29 is 28.7 Å². The van der Waals surface area contributed by atoms with E-state index in [9.17, 15) is 19.2 Å². The lowest BCUT2D eigenvalue weighted by atomic mass is 10.1. The summed E-state index contributed by atoms with van der Waals surface area (Å²) in [5.41, 5.74) is 0.622. The Morgan fingerprint density at radius 2 is 1.55 bits per heavy atom. The van der Waals surface area contributed by atoms with Gasteiger partial charge in [-0.3, -0.25) is 19.3 Å². The van der Waals surface area contributed by atoms with Crippen LogP contribution in [0.3, 0.4) is 0 Å². The summed E-state index contributed by atoms with van der Waals surface area (Å²) < 4.78 is 9.67. The molecule has 0 fully saturated rings. The number of fused-ring (bicyclic) bond motifs is 1. The van der Waals surface area contributed by atoms with Crippen LogP contribution < -0.4 is 10.1 Å². The number of carbonyl (C=O) groups is 4.